The molecule has 6 nitrogen and oxygen atoms in total. The van der Waals surface area contributed by atoms with E-state index in [-0.39, 0.29) is 11.7 Å². The first-order chi connectivity index (χ1) is 9.64. The van der Waals surface area contributed by atoms with Gasteiger partial charge in [-0.25, -0.2) is 0 Å². The maximum atomic E-state index is 12.9. The lowest BCUT2D eigenvalue weighted by Gasteiger charge is -2.41. The molecule has 0 atom stereocenters. The number of hydrogen-bond acceptors (Lipinski definition) is 4. The molecular weight excluding hydrogens is 258 g/mol. The van der Waals surface area contributed by atoms with Gasteiger partial charge in [0.25, 0.3) is 0 Å². The summed E-state index contributed by atoms with van der Waals surface area (Å²) in [5.74, 6) is 0.752. The number of carbonyl (C=O) groups is 1. The van der Waals surface area contributed by atoms with Gasteiger partial charge in [-0.1, -0.05) is 18.5 Å². The molecule has 0 aromatic rings. The first-order valence-electron chi connectivity index (χ1n) is 7.49. The number of piperidine rings is 1. The van der Waals surface area contributed by atoms with Crippen molar-refractivity contribution in [3.8, 4) is 0 Å². The SMILES string of the molecule is CCC1CCN(C(=O)C2(C(N)=NO)CCOCC2)CC1. The molecule has 0 saturated carbocycles. The van der Waals surface area contributed by atoms with Gasteiger partial charge in [0.05, 0.1) is 0 Å². The summed E-state index contributed by atoms with van der Waals surface area (Å²) in [6, 6.07) is 0. The molecular formula is C14H25N3O3. The second-order valence-electron chi connectivity index (χ2n) is 5.82. The number of carbonyl (C=O) groups excluding carboxylic acids is 1. The van der Waals surface area contributed by atoms with Gasteiger partial charge < -0.3 is 20.6 Å². The van der Waals surface area contributed by atoms with Gasteiger partial charge in [0.2, 0.25) is 5.91 Å². The van der Waals surface area contributed by atoms with Crippen molar-refractivity contribution in [3.05, 3.63) is 0 Å². The normalized spacial score (nSPS) is 24.6. The summed E-state index contributed by atoms with van der Waals surface area (Å²) >= 11 is 0. The molecule has 1 amide bonds. The van der Waals surface area contributed by atoms with Gasteiger partial charge >= 0.3 is 0 Å². The number of nitrogens with zero attached hydrogens (tertiary/aromatic N) is 2. The van der Waals surface area contributed by atoms with Crippen molar-refractivity contribution in [1.29, 1.82) is 0 Å². The smallest absolute Gasteiger partial charge is 0.236 e. The number of likely N-dealkylation sites (tertiary alicyclic amines) is 1. The van der Waals surface area contributed by atoms with Gasteiger partial charge in [0.1, 0.15) is 5.41 Å². The Labute approximate surface area is 119 Å². The van der Waals surface area contributed by atoms with Crippen LogP contribution in [0.3, 0.4) is 0 Å². The van der Waals surface area contributed by atoms with E-state index in [1.54, 1.807) is 0 Å². The lowest BCUT2D eigenvalue weighted by molar-refractivity contribution is -0.144. The van der Waals surface area contributed by atoms with Crippen LogP contribution in [0, 0.1) is 11.3 Å². The van der Waals surface area contributed by atoms with Crippen molar-refractivity contribution < 1.29 is 14.7 Å². The van der Waals surface area contributed by atoms with E-state index in [2.05, 4.69) is 12.1 Å². The minimum absolute atomic E-state index is 0.00523. The highest BCUT2D eigenvalue weighted by molar-refractivity contribution is 6.06. The highest BCUT2D eigenvalue weighted by atomic mass is 16.5. The standard InChI is InChI=1S/C14H25N3O3/c1-2-11-3-7-17(8-4-11)13(18)14(12(15)16-19)5-9-20-10-6-14/h11,19H,2-10H2,1H3,(H2,15,16). The molecule has 2 rings (SSSR count). The number of ether oxygens (including phenoxy) is 1. The molecule has 0 unspecified atom stereocenters. The van der Waals surface area contributed by atoms with E-state index in [0.717, 1.165) is 25.9 Å². The van der Waals surface area contributed by atoms with Crippen molar-refractivity contribution in [2.24, 2.45) is 22.2 Å². The van der Waals surface area contributed by atoms with Gasteiger partial charge in [0.15, 0.2) is 5.84 Å². The van der Waals surface area contributed by atoms with E-state index in [1.807, 2.05) is 4.90 Å². The molecule has 3 N–H and O–H groups in total. The molecule has 2 heterocycles. The van der Waals surface area contributed by atoms with E-state index < -0.39 is 5.41 Å². The average molecular weight is 283 g/mol. The largest absolute Gasteiger partial charge is 0.409 e. The van der Waals surface area contributed by atoms with Gasteiger partial charge in [-0.05, 0) is 31.6 Å². The second kappa shape index (κ2) is 6.43. The number of rotatable bonds is 3. The third-order valence-electron chi connectivity index (χ3n) is 4.83. The Hall–Kier alpha value is -1.30. The Morgan fingerprint density at radius 3 is 2.50 bits per heavy atom. The molecule has 20 heavy (non-hydrogen) atoms. The highest BCUT2D eigenvalue weighted by Gasteiger charge is 2.47. The molecule has 0 aliphatic carbocycles. The van der Waals surface area contributed by atoms with Crippen molar-refractivity contribution in [1.82, 2.24) is 4.90 Å². The van der Waals surface area contributed by atoms with Crippen molar-refractivity contribution in [2.75, 3.05) is 26.3 Å². The maximum Gasteiger partial charge on any atom is 0.236 e. The van der Waals surface area contributed by atoms with Crippen LogP contribution < -0.4 is 5.73 Å². The van der Waals surface area contributed by atoms with E-state index in [4.69, 9.17) is 15.7 Å². The van der Waals surface area contributed by atoms with E-state index in [1.165, 1.54) is 6.42 Å². The molecule has 2 aliphatic rings. The molecule has 0 aromatic heterocycles. The molecule has 0 aromatic carbocycles. The van der Waals surface area contributed by atoms with Gasteiger partial charge in [-0.15, -0.1) is 0 Å². The highest BCUT2D eigenvalue weighted by Crippen LogP contribution is 2.34. The number of nitrogens with two attached hydrogens (primary N) is 1. The molecule has 2 saturated heterocycles. The van der Waals surface area contributed by atoms with Crippen LogP contribution in [-0.4, -0.2) is 48.2 Å². The lowest BCUT2D eigenvalue weighted by atomic mass is 9.77. The summed E-state index contributed by atoms with van der Waals surface area (Å²) < 4.78 is 5.33. The lowest BCUT2D eigenvalue weighted by Crippen LogP contribution is -2.55. The minimum Gasteiger partial charge on any atom is -0.409 e. The summed E-state index contributed by atoms with van der Waals surface area (Å²) in [6.45, 7) is 4.70. The monoisotopic (exact) mass is 283 g/mol. The topological polar surface area (TPSA) is 88.2 Å². The van der Waals surface area contributed by atoms with Crippen molar-refractivity contribution in [2.45, 2.75) is 39.0 Å². The maximum absolute atomic E-state index is 12.9. The summed E-state index contributed by atoms with van der Waals surface area (Å²) in [4.78, 5) is 14.8. The Morgan fingerprint density at radius 1 is 1.40 bits per heavy atom. The zero-order valence-corrected chi connectivity index (χ0v) is 12.2. The number of hydrogen-bond donors (Lipinski definition) is 2. The van der Waals surface area contributed by atoms with Crippen LogP contribution in [-0.2, 0) is 9.53 Å². The Balaban J connectivity index is 2.11. The van der Waals surface area contributed by atoms with E-state index in [0.29, 0.717) is 32.0 Å². The Morgan fingerprint density at radius 2 is 2.00 bits per heavy atom. The molecule has 114 valence electrons. The zero-order chi connectivity index (χ0) is 14.6. The summed E-state index contributed by atoms with van der Waals surface area (Å²) in [5, 5.41) is 12.2. The predicted octanol–water partition coefficient (Wildman–Crippen LogP) is 1.18. The van der Waals surface area contributed by atoms with Crippen molar-refractivity contribution in [3.63, 3.8) is 0 Å². The van der Waals surface area contributed by atoms with Gasteiger partial charge in [-0.2, -0.15) is 0 Å². The second-order valence-corrected chi connectivity index (χ2v) is 5.82. The van der Waals surface area contributed by atoms with Crippen LogP contribution >= 0.6 is 0 Å². The fourth-order valence-electron chi connectivity index (χ4n) is 3.24. The number of oxime groups is 1. The minimum atomic E-state index is -0.869. The van der Waals surface area contributed by atoms with E-state index in [9.17, 15) is 4.79 Å². The summed E-state index contributed by atoms with van der Waals surface area (Å²) in [7, 11) is 0. The quantitative estimate of drug-likeness (QED) is 0.352. The first kappa shape index (κ1) is 15.1. The predicted molar refractivity (Wildman–Crippen MR) is 75.5 cm³/mol. The fourth-order valence-corrected chi connectivity index (χ4v) is 3.24. The molecule has 2 aliphatic heterocycles. The van der Waals surface area contributed by atoms with Crippen LogP contribution in [0.2, 0.25) is 0 Å². The first-order valence-corrected chi connectivity index (χ1v) is 7.49. The molecule has 0 radical (unpaired) electrons. The summed E-state index contributed by atoms with van der Waals surface area (Å²) in [6.07, 6.45) is 4.25. The molecule has 2 fully saturated rings. The molecule has 0 spiro atoms. The fraction of sp³-hybridized carbons (Fsp3) is 0.857. The molecule has 0 bridgehead atoms. The zero-order valence-electron chi connectivity index (χ0n) is 12.2. The van der Waals surface area contributed by atoms with E-state index >= 15 is 0 Å². The number of amides is 1. The van der Waals surface area contributed by atoms with Crippen LogP contribution in [0.15, 0.2) is 5.16 Å². The third-order valence-corrected chi connectivity index (χ3v) is 4.83. The number of amidine groups is 1. The van der Waals surface area contributed by atoms with Crippen LogP contribution in [0.4, 0.5) is 0 Å². The van der Waals surface area contributed by atoms with Gasteiger partial charge in [-0.3, -0.25) is 4.79 Å². The Kier molecular flexibility index (Phi) is 4.86. The van der Waals surface area contributed by atoms with Gasteiger partial charge in [0, 0.05) is 26.3 Å². The molecule has 6 heteroatoms. The van der Waals surface area contributed by atoms with Crippen LogP contribution in [0.5, 0.6) is 0 Å². The third kappa shape index (κ3) is 2.75. The summed E-state index contributed by atoms with van der Waals surface area (Å²) in [5.41, 5.74) is 4.97. The average Bonchev–Trinajstić information content (AvgIpc) is 2.54. The van der Waals surface area contributed by atoms with Crippen molar-refractivity contribution >= 4 is 11.7 Å². The van der Waals surface area contributed by atoms with Crippen LogP contribution in [0.25, 0.3) is 0 Å². The van der Waals surface area contributed by atoms with Crippen LogP contribution in [0.1, 0.15) is 39.0 Å². The Bertz CT molecular complexity index is 370.